The largest absolute Gasteiger partial charge is 0.374 e. The van der Waals surface area contributed by atoms with Crippen LogP contribution in [-0.2, 0) is 21.2 Å². The fourth-order valence-corrected chi connectivity index (χ4v) is 3.63. The molecule has 2 N–H and O–H groups in total. The minimum Gasteiger partial charge on any atom is -0.374 e. The number of pyridine rings is 1. The van der Waals surface area contributed by atoms with E-state index in [4.69, 9.17) is 10.5 Å². The summed E-state index contributed by atoms with van der Waals surface area (Å²) < 4.78 is 31.7. The van der Waals surface area contributed by atoms with Crippen molar-refractivity contribution in [3.8, 4) is 0 Å². The molecule has 1 aromatic rings. The summed E-state index contributed by atoms with van der Waals surface area (Å²) in [6, 6.07) is 3.49. The highest BCUT2D eigenvalue weighted by Gasteiger charge is 2.30. The molecule has 0 spiro atoms. The van der Waals surface area contributed by atoms with E-state index in [1.807, 2.05) is 19.1 Å². The lowest BCUT2D eigenvalue weighted by Gasteiger charge is -2.33. The van der Waals surface area contributed by atoms with Gasteiger partial charge in [-0.25, -0.2) is 8.42 Å². The fraction of sp³-hybridized carbons (Fsp3) is 0.615. The monoisotopic (exact) mass is 299 g/mol. The van der Waals surface area contributed by atoms with Gasteiger partial charge in [0.2, 0.25) is 10.0 Å². The first kappa shape index (κ1) is 15.4. The molecule has 0 amide bonds. The van der Waals surface area contributed by atoms with Gasteiger partial charge in [-0.3, -0.25) is 4.98 Å². The van der Waals surface area contributed by atoms with Gasteiger partial charge in [-0.2, -0.15) is 4.31 Å². The lowest BCUT2D eigenvalue weighted by Crippen LogP contribution is -2.51. The van der Waals surface area contributed by atoms with Gasteiger partial charge in [0.1, 0.15) is 0 Å². The molecule has 7 heteroatoms. The molecule has 1 saturated heterocycles. The van der Waals surface area contributed by atoms with E-state index in [1.54, 1.807) is 12.4 Å². The fourth-order valence-electron chi connectivity index (χ4n) is 2.15. The lowest BCUT2D eigenvalue weighted by molar-refractivity contribution is -0.0119. The summed E-state index contributed by atoms with van der Waals surface area (Å²) in [6.45, 7) is 2.98. The predicted octanol–water partition coefficient (Wildman–Crippen LogP) is 0.00190. The quantitative estimate of drug-likeness (QED) is 0.827. The van der Waals surface area contributed by atoms with Crippen LogP contribution in [0.25, 0.3) is 0 Å². The van der Waals surface area contributed by atoms with Crippen LogP contribution < -0.4 is 5.73 Å². The molecule has 0 radical (unpaired) electrons. The first-order valence-electron chi connectivity index (χ1n) is 6.73. The molecule has 2 rings (SSSR count). The van der Waals surface area contributed by atoms with Gasteiger partial charge < -0.3 is 10.5 Å². The molecule has 1 aliphatic heterocycles. The van der Waals surface area contributed by atoms with Gasteiger partial charge in [-0.15, -0.1) is 0 Å². The van der Waals surface area contributed by atoms with Crippen LogP contribution in [0.3, 0.4) is 0 Å². The van der Waals surface area contributed by atoms with Crippen LogP contribution in [0.15, 0.2) is 24.5 Å². The smallest absolute Gasteiger partial charge is 0.214 e. The molecule has 20 heavy (non-hydrogen) atoms. The van der Waals surface area contributed by atoms with E-state index >= 15 is 0 Å². The minimum atomic E-state index is -3.27. The third-order valence-corrected chi connectivity index (χ3v) is 5.27. The number of rotatable bonds is 5. The zero-order chi connectivity index (χ0) is 14.6. The molecule has 1 fully saturated rings. The van der Waals surface area contributed by atoms with Crippen molar-refractivity contribution in [3.05, 3.63) is 30.1 Å². The van der Waals surface area contributed by atoms with E-state index in [9.17, 15) is 8.42 Å². The number of ether oxygens (including phenoxy) is 1. The molecule has 2 heterocycles. The van der Waals surface area contributed by atoms with Gasteiger partial charge in [-0.05, 0) is 31.0 Å². The first-order chi connectivity index (χ1) is 9.49. The molecular formula is C13H21N3O3S. The Morgan fingerprint density at radius 1 is 1.50 bits per heavy atom. The zero-order valence-electron chi connectivity index (χ0n) is 11.6. The molecule has 1 aromatic heterocycles. The van der Waals surface area contributed by atoms with Crippen molar-refractivity contribution in [1.82, 2.24) is 9.29 Å². The van der Waals surface area contributed by atoms with E-state index in [1.165, 1.54) is 4.31 Å². The van der Waals surface area contributed by atoms with Gasteiger partial charge in [0.15, 0.2) is 0 Å². The van der Waals surface area contributed by atoms with E-state index in [-0.39, 0.29) is 17.9 Å². The molecule has 0 aromatic carbocycles. The first-order valence-corrected chi connectivity index (χ1v) is 8.34. The SMILES string of the molecule is CC(N)C1CN(S(=O)(=O)CCc2ccncc2)CCO1. The van der Waals surface area contributed by atoms with Crippen molar-refractivity contribution in [2.75, 3.05) is 25.4 Å². The number of nitrogens with two attached hydrogens (primary N) is 1. The number of hydrogen-bond donors (Lipinski definition) is 1. The Bertz CT molecular complexity index is 519. The number of aryl methyl sites for hydroxylation is 1. The maximum absolute atomic E-state index is 12.3. The van der Waals surface area contributed by atoms with Crippen molar-refractivity contribution in [2.24, 2.45) is 5.73 Å². The van der Waals surface area contributed by atoms with Gasteiger partial charge in [0.05, 0.1) is 18.5 Å². The second kappa shape index (κ2) is 6.62. The normalized spacial score (nSPS) is 22.6. The summed E-state index contributed by atoms with van der Waals surface area (Å²) in [4.78, 5) is 3.92. The third kappa shape index (κ3) is 3.99. The van der Waals surface area contributed by atoms with Crippen molar-refractivity contribution in [3.63, 3.8) is 0 Å². The number of aromatic nitrogens is 1. The van der Waals surface area contributed by atoms with Crippen molar-refractivity contribution < 1.29 is 13.2 Å². The number of nitrogens with zero attached hydrogens (tertiary/aromatic N) is 2. The Balaban J connectivity index is 1.96. The average molecular weight is 299 g/mol. The molecule has 2 unspecified atom stereocenters. The van der Waals surface area contributed by atoms with Crippen molar-refractivity contribution in [2.45, 2.75) is 25.5 Å². The third-order valence-electron chi connectivity index (χ3n) is 3.43. The molecule has 1 aliphatic rings. The van der Waals surface area contributed by atoms with Crippen LogP contribution in [0.1, 0.15) is 12.5 Å². The Morgan fingerprint density at radius 2 is 2.20 bits per heavy atom. The summed E-state index contributed by atoms with van der Waals surface area (Å²) in [7, 11) is -3.27. The highest BCUT2D eigenvalue weighted by Crippen LogP contribution is 2.13. The van der Waals surface area contributed by atoms with Crippen LogP contribution in [0.2, 0.25) is 0 Å². The van der Waals surface area contributed by atoms with E-state index < -0.39 is 10.0 Å². The molecule has 0 bridgehead atoms. The summed E-state index contributed by atoms with van der Waals surface area (Å²) in [6.07, 6.45) is 3.61. The average Bonchev–Trinajstić information content (AvgIpc) is 2.46. The zero-order valence-corrected chi connectivity index (χ0v) is 12.4. The second-order valence-corrected chi connectivity index (χ2v) is 7.14. The molecule has 0 saturated carbocycles. The maximum atomic E-state index is 12.3. The highest BCUT2D eigenvalue weighted by molar-refractivity contribution is 7.89. The Hall–Kier alpha value is -1.02. The summed E-state index contributed by atoms with van der Waals surface area (Å²) in [5.74, 6) is 0.0999. The van der Waals surface area contributed by atoms with E-state index in [2.05, 4.69) is 4.98 Å². The number of sulfonamides is 1. The Morgan fingerprint density at radius 3 is 2.85 bits per heavy atom. The van der Waals surface area contributed by atoms with Gasteiger partial charge in [0.25, 0.3) is 0 Å². The molecule has 112 valence electrons. The van der Waals surface area contributed by atoms with Crippen LogP contribution >= 0.6 is 0 Å². The van der Waals surface area contributed by atoms with Crippen LogP contribution in [0.5, 0.6) is 0 Å². The van der Waals surface area contributed by atoms with Gasteiger partial charge in [0, 0.05) is 31.5 Å². The minimum absolute atomic E-state index is 0.0999. The summed E-state index contributed by atoms with van der Waals surface area (Å²) >= 11 is 0. The van der Waals surface area contributed by atoms with E-state index in [0.29, 0.717) is 26.1 Å². The molecule has 2 atom stereocenters. The molecular weight excluding hydrogens is 278 g/mol. The summed E-state index contributed by atoms with van der Waals surface area (Å²) in [5, 5.41) is 0. The Labute approximate surface area is 120 Å². The topological polar surface area (TPSA) is 85.5 Å². The van der Waals surface area contributed by atoms with Crippen molar-refractivity contribution >= 4 is 10.0 Å². The lowest BCUT2D eigenvalue weighted by atomic mass is 10.2. The van der Waals surface area contributed by atoms with Crippen LogP contribution in [0.4, 0.5) is 0 Å². The van der Waals surface area contributed by atoms with Crippen LogP contribution in [0, 0.1) is 0 Å². The van der Waals surface area contributed by atoms with Gasteiger partial charge in [-0.1, -0.05) is 0 Å². The number of hydrogen-bond acceptors (Lipinski definition) is 5. The van der Waals surface area contributed by atoms with Crippen molar-refractivity contribution in [1.29, 1.82) is 0 Å². The Kier molecular flexibility index (Phi) is 5.09. The van der Waals surface area contributed by atoms with E-state index in [0.717, 1.165) is 5.56 Å². The standard InChI is InChI=1S/C13H21N3O3S/c1-11(14)13-10-16(7-8-19-13)20(17,18)9-4-12-2-5-15-6-3-12/h2-3,5-6,11,13H,4,7-10,14H2,1H3. The van der Waals surface area contributed by atoms with Crippen LogP contribution in [-0.4, -0.2) is 55.3 Å². The second-order valence-electron chi connectivity index (χ2n) is 5.05. The van der Waals surface area contributed by atoms with Gasteiger partial charge >= 0.3 is 0 Å². The highest BCUT2D eigenvalue weighted by atomic mass is 32.2. The molecule has 6 nitrogen and oxygen atoms in total. The molecule has 0 aliphatic carbocycles. The maximum Gasteiger partial charge on any atom is 0.214 e. The summed E-state index contributed by atoms with van der Waals surface area (Å²) in [5.41, 5.74) is 6.76. The predicted molar refractivity (Wildman–Crippen MR) is 76.7 cm³/mol. The number of morpholine rings is 1.